The molecule has 0 saturated carbocycles. The average molecular weight is 511 g/mol. The number of nitrogens with two attached hydrogens (primary N) is 1. The third kappa shape index (κ3) is 5.68. The first kappa shape index (κ1) is 25.7. The lowest BCUT2D eigenvalue weighted by Crippen LogP contribution is -2.36. The largest absolute Gasteiger partial charge is 0.381 e. The maximum Gasteiger partial charge on any atom is 0.348 e. The number of primary amides is 1. The Balaban J connectivity index is 1.73. The van der Waals surface area contributed by atoms with Gasteiger partial charge < -0.3 is 10.5 Å². The minimum atomic E-state index is -0.879. The van der Waals surface area contributed by atoms with E-state index in [2.05, 4.69) is 11.7 Å². The minimum Gasteiger partial charge on any atom is -0.381 e. The fourth-order valence-corrected chi connectivity index (χ4v) is 4.50. The first-order chi connectivity index (χ1) is 17.4. The molecular weight excluding hydrogens is 480 g/mol. The molecule has 0 aliphatic carbocycles. The second-order valence-corrected chi connectivity index (χ2v) is 9.39. The van der Waals surface area contributed by atoms with Crippen LogP contribution in [0.3, 0.4) is 0 Å². The van der Waals surface area contributed by atoms with Crippen LogP contribution in [-0.4, -0.2) is 45.7 Å². The van der Waals surface area contributed by atoms with Gasteiger partial charge in [0.1, 0.15) is 6.04 Å². The molecule has 0 spiro atoms. The number of carbonyl (C=O) groups is 1. The van der Waals surface area contributed by atoms with Crippen LogP contribution >= 0.6 is 11.6 Å². The van der Waals surface area contributed by atoms with Gasteiger partial charge in [0.2, 0.25) is 11.9 Å². The molecule has 1 saturated heterocycles. The number of anilines is 1. The zero-order chi connectivity index (χ0) is 25.7. The van der Waals surface area contributed by atoms with Gasteiger partial charge in [-0.3, -0.25) is 4.79 Å². The third-order valence-electron chi connectivity index (χ3n) is 6.45. The summed E-state index contributed by atoms with van der Waals surface area (Å²) in [5.74, 6) is -0.136. The van der Waals surface area contributed by atoms with Gasteiger partial charge >= 0.3 is 5.69 Å². The Kier molecular flexibility index (Phi) is 8.22. The molecule has 1 aromatic carbocycles. The van der Waals surface area contributed by atoms with E-state index in [1.165, 1.54) is 9.25 Å². The van der Waals surface area contributed by atoms with Crippen molar-refractivity contribution in [3.05, 3.63) is 82.3 Å². The molecule has 9 nitrogen and oxygen atoms in total. The topological polar surface area (TPSA) is 108 Å². The summed E-state index contributed by atoms with van der Waals surface area (Å²) in [5, 5.41) is 11.8. The standard InChI is InChI=1S/C26H31ClN6O3/c1-3-4-5-6-7-21-17-31(29-23(21)20-8-10-22(27)11-9-20)25-30-32(16-19-12-14-36-15-13-19)26(35)33(25)18(2)24(28)34/h3-11,18-19,21H,1,12-17H2,2H3,(H2,28,34)/b5-4-,7-6+/t18-,21+/m1/s1. The zero-order valence-corrected chi connectivity index (χ0v) is 21.1. The highest BCUT2D eigenvalue weighted by molar-refractivity contribution is 6.30. The Labute approximate surface area is 215 Å². The van der Waals surface area contributed by atoms with E-state index in [-0.39, 0.29) is 17.5 Å². The summed E-state index contributed by atoms with van der Waals surface area (Å²) in [7, 11) is 0. The molecule has 1 amide bonds. The van der Waals surface area contributed by atoms with Crippen molar-refractivity contribution in [1.82, 2.24) is 14.3 Å². The van der Waals surface area contributed by atoms with Gasteiger partial charge in [0.25, 0.3) is 0 Å². The molecule has 2 aliphatic rings. The smallest absolute Gasteiger partial charge is 0.348 e. The maximum absolute atomic E-state index is 13.4. The Morgan fingerprint density at radius 3 is 2.64 bits per heavy atom. The molecular formula is C26H31ClN6O3. The first-order valence-electron chi connectivity index (χ1n) is 12.0. The average Bonchev–Trinajstić information content (AvgIpc) is 3.43. The number of rotatable bonds is 9. The fraction of sp³-hybridized carbons (Fsp3) is 0.385. The van der Waals surface area contributed by atoms with Gasteiger partial charge in [-0.05, 0) is 43.4 Å². The van der Waals surface area contributed by atoms with Crippen molar-refractivity contribution in [1.29, 1.82) is 0 Å². The van der Waals surface area contributed by atoms with Crippen LogP contribution in [0.2, 0.25) is 5.02 Å². The zero-order valence-electron chi connectivity index (χ0n) is 20.3. The number of ether oxygens (including phenoxy) is 1. The van der Waals surface area contributed by atoms with Crippen molar-refractivity contribution in [3.63, 3.8) is 0 Å². The number of nitrogens with zero attached hydrogens (tertiary/aromatic N) is 5. The van der Waals surface area contributed by atoms with Crippen LogP contribution in [-0.2, 0) is 16.1 Å². The molecule has 190 valence electrons. The molecule has 2 aliphatic heterocycles. The second kappa shape index (κ2) is 11.5. The molecule has 3 heterocycles. The lowest BCUT2D eigenvalue weighted by Gasteiger charge is -2.21. The van der Waals surface area contributed by atoms with Gasteiger partial charge in [0.15, 0.2) is 0 Å². The summed E-state index contributed by atoms with van der Waals surface area (Å²) in [6, 6.07) is 6.57. The van der Waals surface area contributed by atoms with Crippen LogP contribution in [0.5, 0.6) is 0 Å². The number of halogens is 1. The number of aromatic nitrogens is 3. The monoisotopic (exact) mass is 510 g/mol. The summed E-state index contributed by atoms with van der Waals surface area (Å²) in [4.78, 5) is 25.5. The van der Waals surface area contributed by atoms with E-state index < -0.39 is 11.9 Å². The molecule has 2 N–H and O–H groups in total. The van der Waals surface area contributed by atoms with Crippen LogP contribution in [0, 0.1) is 11.8 Å². The maximum atomic E-state index is 13.4. The van der Waals surface area contributed by atoms with Gasteiger partial charge in [-0.1, -0.05) is 60.7 Å². The number of amides is 1. The highest BCUT2D eigenvalue weighted by Crippen LogP contribution is 2.27. The predicted octanol–water partition coefficient (Wildman–Crippen LogP) is 3.31. The van der Waals surface area contributed by atoms with Crippen molar-refractivity contribution >= 4 is 29.2 Å². The van der Waals surface area contributed by atoms with E-state index in [0.29, 0.717) is 37.3 Å². The number of hydrogen-bond acceptors (Lipinski definition) is 6. The molecule has 2 aromatic rings. The van der Waals surface area contributed by atoms with Gasteiger partial charge in [-0.2, -0.15) is 5.10 Å². The van der Waals surface area contributed by atoms with Crippen molar-refractivity contribution in [2.75, 3.05) is 24.8 Å². The summed E-state index contributed by atoms with van der Waals surface area (Å²) < 4.78 is 8.21. The van der Waals surface area contributed by atoms with Crippen LogP contribution in [0.4, 0.5) is 5.95 Å². The van der Waals surface area contributed by atoms with Gasteiger partial charge in [-0.15, -0.1) is 5.10 Å². The third-order valence-corrected chi connectivity index (χ3v) is 6.70. The lowest BCUT2D eigenvalue weighted by molar-refractivity contribution is -0.120. The Hall–Kier alpha value is -3.43. The van der Waals surface area contributed by atoms with Crippen molar-refractivity contribution in [2.24, 2.45) is 22.7 Å². The van der Waals surface area contributed by atoms with Crippen LogP contribution < -0.4 is 16.4 Å². The normalized spacial score (nSPS) is 19.8. The van der Waals surface area contributed by atoms with Gasteiger partial charge in [0, 0.05) is 30.7 Å². The number of hydrogen-bond donors (Lipinski definition) is 1. The van der Waals surface area contributed by atoms with E-state index in [1.807, 2.05) is 48.6 Å². The van der Waals surface area contributed by atoms with Crippen molar-refractivity contribution < 1.29 is 9.53 Å². The van der Waals surface area contributed by atoms with E-state index in [1.54, 1.807) is 18.0 Å². The number of allylic oxidation sites excluding steroid dienone is 4. The van der Waals surface area contributed by atoms with Crippen molar-refractivity contribution in [2.45, 2.75) is 32.4 Å². The highest BCUT2D eigenvalue weighted by Gasteiger charge is 2.33. The Bertz CT molecular complexity index is 1240. The molecule has 0 unspecified atom stereocenters. The van der Waals surface area contributed by atoms with Crippen LogP contribution in [0.25, 0.3) is 0 Å². The van der Waals surface area contributed by atoms with E-state index >= 15 is 0 Å². The van der Waals surface area contributed by atoms with E-state index in [4.69, 9.17) is 27.2 Å². The quantitative estimate of drug-likeness (QED) is 0.521. The fourth-order valence-electron chi connectivity index (χ4n) is 4.37. The minimum absolute atomic E-state index is 0.0891. The van der Waals surface area contributed by atoms with Crippen molar-refractivity contribution in [3.8, 4) is 0 Å². The molecule has 0 radical (unpaired) electrons. The molecule has 10 heteroatoms. The molecule has 0 bridgehead atoms. The Morgan fingerprint density at radius 1 is 1.25 bits per heavy atom. The Morgan fingerprint density at radius 2 is 1.97 bits per heavy atom. The van der Waals surface area contributed by atoms with E-state index in [0.717, 1.165) is 24.1 Å². The molecule has 1 aromatic heterocycles. The first-order valence-corrected chi connectivity index (χ1v) is 12.4. The highest BCUT2D eigenvalue weighted by atomic mass is 35.5. The predicted molar refractivity (Wildman–Crippen MR) is 141 cm³/mol. The summed E-state index contributed by atoms with van der Waals surface area (Å²) >= 11 is 6.10. The van der Waals surface area contributed by atoms with E-state index in [9.17, 15) is 9.59 Å². The molecule has 36 heavy (non-hydrogen) atoms. The lowest BCUT2D eigenvalue weighted by atomic mass is 9.97. The van der Waals surface area contributed by atoms with Crippen LogP contribution in [0.15, 0.2) is 71.1 Å². The number of hydrazone groups is 1. The van der Waals surface area contributed by atoms with Gasteiger partial charge in [0.05, 0.1) is 12.3 Å². The number of benzene rings is 1. The molecule has 4 rings (SSSR count). The van der Waals surface area contributed by atoms with Gasteiger partial charge in [-0.25, -0.2) is 19.1 Å². The summed E-state index contributed by atoms with van der Waals surface area (Å²) in [5.41, 5.74) is 6.94. The molecule has 2 atom stereocenters. The SMILES string of the molecule is C=C/C=C\C=C\[C@H]1CN(c2nn(CC3CCOCC3)c(=O)n2[C@H](C)C(N)=O)N=C1c1ccc(Cl)cc1. The second-order valence-electron chi connectivity index (χ2n) is 8.96. The van der Waals surface area contributed by atoms with Crippen LogP contribution in [0.1, 0.15) is 31.4 Å². The summed E-state index contributed by atoms with van der Waals surface area (Å²) in [6.45, 7) is 7.52. The summed E-state index contributed by atoms with van der Waals surface area (Å²) in [6.07, 6.45) is 11.1. The number of carbonyl (C=O) groups excluding carboxylic acids is 1. The molecule has 1 fully saturated rings.